The van der Waals surface area contributed by atoms with E-state index in [9.17, 15) is 29.7 Å². The number of hydrogen-bond acceptors (Lipinski definition) is 9. The van der Waals surface area contributed by atoms with Crippen molar-refractivity contribution in [3.63, 3.8) is 0 Å². The Morgan fingerprint density at radius 1 is 1.00 bits per heavy atom. The molecule has 0 spiro atoms. The van der Waals surface area contributed by atoms with Gasteiger partial charge in [-0.2, -0.15) is 0 Å². The van der Waals surface area contributed by atoms with Crippen LogP contribution in [0.5, 0.6) is 0 Å². The molecule has 2 fully saturated rings. The van der Waals surface area contributed by atoms with Crippen LogP contribution < -0.4 is 5.32 Å². The first-order chi connectivity index (χ1) is 14.6. The summed E-state index contributed by atoms with van der Waals surface area (Å²) in [5.74, 6) is -4.40. The summed E-state index contributed by atoms with van der Waals surface area (Å²) in [5, 5.41) is 50.0. The molecule has 0 aromatic carbocycles. The first-order valence-electron chi connectivity index (χ1n) is 10.4. The van der Waals surface area contributed by atoms with Crippen molar-refractivity contribution >= 4 is 18.0 Å². The van der Waals surface area contributed by atoms with Gasteiger partial charge >= 0.3 is 18.0 Å². The zero-order valence-corrected chi connectivity index (χ0v) is 17.3. The molecule has 6 N–H and O–H groups in total. The molecule has 12 nitrogen and oxygen atoms in total. The van der Waals surface area contributed by atoms with Gasteiger partial charge in [-0.25, -0.2) is 4.79 Å². The zero-order chi connectivity index (χ0) is 23.1. The number of aliphatic carboxylic acids is 2. The Hall–Kier alpha value is -1.99. The largest absolute Gasteiger partial charge is 0.481 e. The zero-order valence-electron chi connectivity index (χ0n) is 17.3. The van der Waals surface area contributed by atoms with E-state index < -0.39 is 66.9 Å². The highest BCUT2D eigenvalue weighted by Gasteiger charge is 2.44. The van der Waals surface area contributed by atoms with E-state index in [0.717, 1.165) is 12.8 Å². The van der Waals surface area contributed by atoms with Crippen molar-refractivity contribution in [1.29, 1.82) is 0 Å². The fourth-order valence-corrected chi connectivity index (χ4v) is 3.68. The number of ether oxygens (including phenoxy) is 3. The molecule has 0 radical (unpaired) electrons. The van der Waals surface area contributed by atoms with Crippen LogP contribution in [0.25, 0.3) is 0 Å². The highest BCUT2D eigenvalue weighted by atomic mass is 16.7. The molecule has 1 aliphatic carbocycles. The predicted octanol–water partition coefficient (Wildman–Crippen LogP) is -0.566. The molecule has 0 aromatic heterocycles. The summed E-state index contributed by atoms with van der Waals surface area (Å²) in [4.78, 5) is 33.8. The molecule has 31 heavy (non-hydrogen) atoms. The predicted molar refractivity (Wildman–Crippen MR) is 102 cm³/mol. The molecule has 1 aliphatic heterocycles. The number of aliphatic hydroxyl groups is 3. The summed E-state index contributed by atoms with van der Waals surface area (Å²) in [5.41, 5.74) is 0. The van der Waals surface area contributed by atoms with E-state index in [-0.39, 0.29) is 19.4 Å². The molecule has 2 aliphatic rings. The van der Waals surface area contributed by atoms with E-state index >= 15 is 0 Å². The molecule has 178 valence electrons. The maximum Gasteiger partial charge on any atom is 0.407 e. The Morgan fingerprint density at radius 3 is 2.23 bits per heavy atom. The lowest BCUT2D eigenvalue weighted by Gasteiger charge is -2.42. The number of carbonyl (C=O) groups is 3. The van der Waals surface area contributed by atoms with Crippen molar-refractivity contribution in [2.24, 2.45) is 5.92 Å². The van der Waals surface area contributed by atoms with Crippen LogP contribution >= 0.6 is 0 Å². The molecular weight excluding hydrogens is 418 g/mol. The lowest BCUT2D eigenvalue weighted by Crippen LogP contribution is -2.58. The van der Waals surface area contributed by atoms with Crippen molar-refractivity contribution in [3.8, 4) is 0 Å². The number of rotatable bonds is 9. The molecule has 1 amide bonds. The number of carboxylic acids is 2. The fraction of sp³-hybridized carbons (Fsp3) is 0.842. The molecule has 1 heterocycles. The Labute approximate surface area is 179 Å². The lowest BCUT2D eigenvalue weighted by atomic mass is 9.94. The summed E-state index contributed by atoms with van der Waals surface area (Å²) >= 11 is 0. The smallest absolute Gasteiger partial charge is 0.407 e. The van der Waals surface area contributed by atoms with Gasteiger partial charge in [0.2, 0.25) is 0 Å². The van der Waals surface area contributed by atoms with E-state index in [2.05, 4.69) is 5.32 Å². The summed E-state index contributed by atoms with van der Waals surface area (Å²) < 4.78 is 16.6. The minimum atomic E-state index is -1.54. The van der Waals surface area contributed by atoms with E-state index in [1.165, 1.54) is 6.92 Å². The van der Waals surface area contributed by atoms with Gasteiger partial charge in [-0.1, -0.05) is 6.42 Å². The van der Waals surface area contributed by atoms with Gasteiger partial charge in [0.05, 0.1) is 12.2 Å². The minimum absolute atomic E-state index is 0.0418. The van der Waals surface area contributed by atoms with Crippen molar-refractivity contribution in [2.45, 2.75) is 88.4 Å². The molecule has 0 aromatic rings. The van der Waals surface area contributed by atoms with Crippen molar-refractivity contribution < 1.29 is 54.1 Å². The SMILES string of the molecule is CC1OC(OC2CCCCC2OC(=O)NCCCC(C(=O)O)C(=O)O)C(O)C(O)C1O. The number of alkyl carbamates (subject to hydrolysis) is 1. The first-order valence-corrected chi connectivity index (χ1v) is 10.4. The number of carbonyl (C=O) groups excluding carboxylic acids is 1. The third-order valence-corrected chi connectivity index (χ3v) is 5.55. The summed E-state index contributed by atoms with van der Waals surface area (Å²) in [7, 11) is 0. The highest BCUT2D eigenvalue weighted by Crippen LogP contribution is 2.29. The van der Waals surface area contributed by atoms with E-state index in [1.807, 2.05) is 0 Å². The third-order valence-electron chi connectivity index (χ3n) is 5.55. The average Bonchev–Trinajstić information content (AvgIpc) is 2.71. The van der Waals surface area contributed by atoms with Gasteiger partial charge in [-0.05, 0) is 39.0 Å². The highest BCUT2D eigenvalue weighted by molar-refractivity contribution is 5.92. The second-order valence-electron chi connectivity index (χ2n) is 7.88. The van der Waals surface area contributed by atoms with Crippen LogP contribution in [-0.4, -0.2) is 93.0 Å². The van der Waals surface area contributed by atoms with Crippen LogP contribution in [0, 0.1) is 5.92 Å². The maximum absolute atomic E-state index is 12.1. The molecule has 2 rings (SSSR count). The topological polar surface area (TPSA) is 192 Å². The molecular formula is C19H31NO11. The van der Waals surface area contributed by atoms with Gasteiger partial charge < -0.3 is 45.1 Å². The van der Waals surface area contributed by atoms with Crippen LogP contribution in [0.2, 0.25) is 0 Å². The minimum Gasteiger partial charge on any atom is -0.481 e. The van der Waals surface area contributed by atoms with Crippen LogP contribution in [0.15, 0.2) is 0 Å². The molecule has 12 heteroatoms. The quantitative estimate of drug-likeness (QED) is 0.195. The van der Waals surface area contributed by atoms with Crippen LogP contribution in [0.1, 0.15) is 45.4 Å². The fourth-order valence-electron chi connectivity index (χ4n) is 3.68. The summed E-state index contributed by atoms with van der Waals surface area (Å²) in [6.45, 7) is 1.58. The monoisotopic (exact) mass is 449 g/mol. The number of carboxylic acid groups (broad SMARTS) is 2. The number of amides is 1. The molecule has 1 saturated carbocycles. The lowest BCUT2D eigenvalue weighted by molar-refractivity contribution is -0.311. The third kappa shape index (κ3) is 7.01. The first kappa shape index (κ1) is 25.3. The molecule has 7 unspecified atom stereocenters. The van der Waals surface area contributed by atoms with Gasteiger partial charge in [0.25, 0.3) is 0 Å². The second kappa shape index (κ2) is 11.6. The van der Waals surface area contributed by atoms with Gasteiger partial charge in [-0.15, -0.1) is 0 Å². The Morgan fingerprint density at radius 2 is 1.61 bits per heavy atom. The number of hydrogen-bond donors (Lipinski definition) is 6. The Balaban J connectivity index is 1.82. The standard InChI is InChI=1S/C19H31NO11/c1-9-13(21)14(22)15(23)18(29-9)30-11-6-2-3-7-12(11)31-19(28)20-8-4-5-10(16(24)25)17(26)27/h9-15,18,21-23H,2-8H2,1H3,(H,20,28)(H,24,25)(H,26,27). The van der Waals surface area contributed by atoms with E-state index in [4.69, 9.17) is 24.4 Å². The van der Waals surface area contributed by atoms with Gasteiger partial charge in [-0.3, -0.25) is 9.59 Å². The van der Waals surface area contributed by atoms with Crippen LogP contribution in [-0.2, 0) is 23.8 Å². The molecule has 7 atom stereocenters. The summed E-state index contributed by atoms with van der Waals surface area (Å²) in [6.07, 6.45) is -5.39. The second-order valence-corrected chi connectivity index (χ2v) is 7.88. The Bertz CT molecular complexity index is 616. The van der Waals surface area contributed by atoms with Crippen molar-refractivity contribution in [2.75, 3.05) is 6.54 Å². The molecule has 1 saturated heterocycles. The van der Waals surface area contributed by atoms with Gasteiger partial charge in [0.15, 0.2) is 12.2 Å². The number of nitrogens with one attached hydrogen (secondary N) is 1. The molecule has 0 bridgehead atoms. The number of aliphatic hydroxyl groups excluding tert-OH is 3. The van der Waals surface area contributed by atoms with Crippen LogP contribution in [0.3, 0.4) is 0 Å². The van der Waals surface area contributed by atoms with E-state index in [0.29, 0.717) is 12.8 Å². The maximum atomic E-state index is 12.1. The van der Waals surface area contributed by atoms with Crippen molar-refractivity contribution in [3.05, 3.63) is 0 Å². The van der Waals surface area contributed by atoms with Crippen LogP contribution in [0.4, 0.5) is 4.79 Å². The van der Waals surface area contributed by atoms with Gasteiger partial charge in [0.1, 0.15) is 24.4 Å². The van der Waals surface area contributed by atoms with Crippen molar-refractivity contribution in [1.82, 2.24) is 5.32 Å². The van der Waals surface area contributed by atoms with E-state index in [1.54, 1.807) is 0 Å². The average molecular weight is 449 g/mol. The Kier molecular flexibility index (Phi) is 9.44. The normalized spacial score (nSPS) is 33.6. The van der Waals surface area contributed by atoms with Gasteiger partial charge in [0, 0.05) is 6.54 Å². The summed E-state index contributed by atoms with van der Waals surface area (Å²) in [6, 6.07) is 0.